The molecule has 1 fully saturated rings. The molecule has 2 heterocycles. The Labute approximate surface area is 162 Å². The third kappa shape index (κ3) is 4.51. The van der Waals surface area contributed by atoms with Gasteiger partial charge >= 0.3 is 0 Å². The summed E-state index contributed by atoms with van der Waals surface area (Å²) in [7, 11) is 2.09. The Bertz CT molecular complexity index is 683. The molecule has 0 saturated carbocycles. The highest BCUT2D eigenvalue weighted by Crippen LogP contribution is 2.31. The maximum absolute atomic E-state index is 4.69. The van der Waals surface area contributed by atoms with Gasteiger partial charge in [-0.05, 0) is 30.2 Å². The van der Waals surface area contributed by atoms with Crippen molar-refractivity contribution in [3.63, 3.8) is 0 Å². The molecule has 1 saturated heterocycles. The summed E-state index contributed by atoms with van der Waals surface area (Å²) in [5, 5.41) is 4.00. The van der Waals surface area contributed by atoms with Crippen LogP contribution in [0.15, 0.2) is 58.9 Å². The molecule has 0 bridgehead atoms. The summed E-state index contributed by atoms with van der Waals surface area (Å²) >= 11 is 1.93. The van der Waals surface area contributed by atoms with Gasteiger partial charge in [0, 0.05) is 38.3 Å². The number of thioether (sulfide) groups is 1. The SMILES string of the molecule is C=C(C)C1=C(NC2CCN(Cc3ccccc3)C2)N=CN(C)C1SCC. The first-order chi connectivity index (χ1) is 12.6. The number of hydrogen-bond donors (Lipinski definition) is 1. The summed E-state index contributed by atoms with van der Waals surface area (Å²) in [6.45, 7) is 11.7. The van der Waals surface area contributed by atoms with Crippen LogP contribution < -0.4 is 5.32 Å². The summed E-state index contributed by atoms with van der Waals surface area (Å²) in [4.78, 5) is 9.39. The van der Waals surface area contributed by atoms with Crippen molar-refractivity contribution < 1.29 is 0 Å². The predicted octanol–water partition coefficient (Wildman–Crippen LogP) is 3.69. The van der Waals surface area contributed by atoms with E-state index in [1.54, 1.807) is 0 Å². The Kier molecular flexibility index (Phi) is 6.43. The monoisotopic (exact) mass is 370 g/mol. The van der Waals surface area contributed by atoms with Gasteiger partial charge in [0.2, 0.25) is 0 Å². The van der Waals surface area contributed by atoms with Gasteiger partial charge in [-0.1, -0.05) is 43.8 Å². The topological polar surface area (TPSA) is 30.9 Å². The van der Waals surface area contributed by atoms with Gasteiger partial charge in [0.25, 0.3) is 0 Å². The van der Waals surface area contributed by atoms with E-state index in [0.29, 0.717) is 11.4 Å². The first-order valence-corrected chi connectivity index (χ1v) is 10.4. The molecule has 26 heavy (non-hydrogen) atoms. The zero-order valence-electron chi connectivity index (χ0n) is 16.1. The third-order valence-electron chi connectivity index (χ3n) is 4.89. The lowest BCUT2D eigenvalue weighted by Gasteiger charge is -2.33. The van der Waals surface area contributed by atoms with Crippen molar-refractivity contribution in [1.29, 1.82) is 0 Å². The van der Waals surface area contributed by atoms with Gasteiger partial charge in [-0.2, -0.15) is 0 Å². The van der Waals surface area contributed by atoms with E-state index in [-0.39, 0.29) is 0 Å². The molecule has 1 aromatic rings. The van der Waals surface area contributed by atoms with Crippen molar-refractivity contribution >= 4 is 18.1 Å². The molecule has 2 aliphatic rings. The summed E-state index contributed by atoms with van der Waals surface area (Å²) < 4.78 is 0. The molecule has 4 nitrogen and oxygen atoms in total. The lowest BCUT2D eigenvalue weighted by molar-refractivity contribution is 0.322. The van der Waals surface area contributed by atoms with Crippen LogP contribution in [0.4, 0.5) is 0 Å². The van der Waals surface area contributed by atoms with Crippen molar-refractivity contribution in [1.82, 2.24) is 15.1 Å². The second-order valence-corrected chi connectivity index (χ2v) is 8.47. The van der Waals surface area contributed by atoms with Gasteiger partial charge in [0.15, 0.2) is 0 Å². The molecule has 0 aliphatic carbocycles. The van der Waals surface area contributed by atoms with Crippen LogP contribution >= 0.6 is 11.8 Å². The summed E-state index contributed by atoms with van der Waals surface area (Å²) in [5.74, 6) is 2.08. The molecule has 2 atom stereocenters. The number of rotatable bonds is 7. The van der Waals surface area contributed by atoms with E-state index >= 15 is 0 Å². The van der Waals surface area contributed by atoms with E-state index in [4.69, 9.17) is 4.99 Å². The summed E-state index contributed by atoms with van der Waals surface area (Å²) in [6.07, 6.45) is 3.09. The fraction of sp³-hybridized carbons (Fsp3) is 0.476. The molecule has 2 aliphatic heterocycles. The molecule has 1 N–H and O–H groups in total. The lowest BCUT2D eigenvalue weighted by atomic mass is 10.1. The first kappa shape index (κ1) is 19.1. The number of benzene rings is 1. The second kappa shape index (κ2) is 8.78. The second-order valence-electron chi connectivity index (χ2n) is 7.11. The van der Waals surface area contributed by atoms with Gasteiger partial charge < -0.3 is 10.2 Å². The van der Waals surface area contributed by atoms with E-state index in [1.165, 1.54) is 11.1 Å². The van der Waals surface area contributed by atoms with Crippen LogP contribution in [0.1, 0.15) is 25.8 Å². The molecule has 0 radical (unpaired) electrons. The number of hydrogen-bond acceptors (Lipinski definition) is 5. The van der Waals surface area contributed by atoms with E-state index in [0.717, 1.165) is 43.2 Å². The Morgan fingerprint density at radius 3 is 2.81 bits per heavy atom. The van der Waals surface area contributed by atoms with Gasteiger partial charge in [-0.25, -0.2) is 4.99 Å². The summed E-state index contributed by atoms with van der Waals surface area (Å²) in [5.41, 5.74) is 3.72. The van der Waals surface area contributed by atoms with E-state index in [9.17, 15) is 0 Å². The molecule has 0 spiro atoms. The van der Waals surface area contributed by atoms with Crippen molar-refractivity contribution in [2.75, 3.05) is 25.9 Å². The van der Waals surface area contributed by atoms with Crippen molar-refractivity contribution in [3.05, 3.63) is 59.4 Å². The average Bonchev–Trinajstić information content (AvgIpc) is 3.05. The number of nitrogens with zero attached hydrogens (tertiary/aromatic N) is 3. The maximum atomic E-state index is 4.69. The molecule has 0 amide bonds. The molecular weight excluding hydrogens is 340 g/mol. The molecule has 140 valence electrons. The minimum Gasteiger partial charge on any atom is -0.366 e. The molecule has 5 heteroatoms. The fourth-order valence-electron chi connectivity index (χ4n) is 3.62. The zero-order chi connectivity index (χ0) is 18.5. The van der Waals surface area contributed by atoms with Crippen LogP contribution in [0.25, 0.3) is 0 Å². The van der Waals surface area contributed by atoms with Crippen LogP contribution in [0.3, 0.4) is 0 Å². The molecule has 0 aromatic heterocycles. The van der Waals surface area contributed by atoms with Crippen LogP contribution in [-0.2, 0) is 6.54 Å². The van der Waals surface area contributed by atoms with Gasteiger partial charge in [-0.15, -0.1) is 11.8 Å². The van der Waals surface area contributed by atoms with E-state index in [1.807, 2.05) is 18.1 Å². The normalized spacial score (nSPS) is 23.6. The first-order valence-electron chi connectivity index (χ1n) is 9.39. The third-order valence-corrected chi connectivity index (χ3v) is 6.10. The fourth-order valence-corrected chi connectivity index (χ4v) is 4.70. The highest BCUT2D eigenvalue weighted by atomic mass is 32.2. The van der Waals surface area contributed by atoms with Crippen LogP contribution in [0.2, 0.25) is 0 Å². The smallest absolute Gasteiger partial charge is 0.134 e. The van der Waals surface area contributed by atoms with Gasteiger partial charge in [0.1, 0.15) is 11.2 Å². The highest BCUT2D eigenvalue weighted by Gasteiger charge is 2.29. The average molecular weight is 371 g/mol. The number of likely N-dealkylation sites (N-methyl/N-ethyl adjacent to an activating group) is 1. The van der Waals surface area contributed by atoms with Crippen LogP contribution in [0, 0.1) is 0 Å². The molecule has 2 unspecified atom stereocenters. The number of nitrogens with one attached hydrogen (secondary N) is 1. The number of aliphatic imine (C=N–C) groups is 1. The van der Waals surface area contributed by atoms with Crippen molar-refractivity contribution in [2.45, 2.75) is 38.2 Å². The van der Waals surface area contributed by atoms with Crippen LogP contribution in [-0.4, -0.2) is 53.4 Å². The zero-order valence-corrected chi connectivity index (χ0v) is 16.9. The quantitative estimate of drug-likeness (QED) is 0.793. The minimum absolute atomic E-state index is 0.291. The van der Waals surface area contributed by atoms with E-state index in [2.05, 4.69) is 72.9 Å². The predicted molar refractivity (Wildman–Crippen MR) is 113 cm³/mol. The van der Waals surface area contributed by atoms with E-state index < -0.39 is 0 Å². The van der Waals surface area contributed by atoms with Crippen LogP contribution in [0.5, 0.6) is 0 Å². The summed E-state index contributed by atoms with van der Waals surface area (Å²) in [6, 6.07) is 11.2. The Hall–Kier alpha value is -1.72. The number of likely N-dealkylation sites (tertiary alicyclic amines) is 1. The Morgan fingerprint density at radius 1 is 1.35 bits per heavy atom. The minimum atomic E-state index is 0.291. The van der Waals surface area contributed by atoms with Crippen molar-refractivity contribution in [2.24, 2.45) is 4.99 Å². The molecular formula is C21H30N4S. The largest absolute Gasteiger partial charge is 0.366 e. The highest BCUT2D eigenvalue weighted by molar-refractivity contribution is 8.00. The van der Waals surface area contributed by atoms with Gasteiger partial charge in [-0.3, -0.25) is 4.90 Å². The Morgan fingerprint density at radius 2 is 2.12 bits per heavy atom. The van der Waals surface area contributed by atoms with Gasteiger partial charge in [0.05, 0.1) is 6.34 Å². The van der Waals surface area contributed by atoms with Crippen molar-refractivity contribution in [3.8, 4) is 0 Å². The maximum Gasteiger partial charge on any atom is 0.134 e. The standard InChI is InChI=1S/C21H30N4S/c1-5-26-21-19(16(2)3)20(22-15-24(21)4)23-18-11-12-25(14-18)13-17-9-7-6-8-10-17/h6-10,15,18,21,23H,2,5,11-14H2,1,3-4H3. The molecule has 1 aromatic carbocycles. The lowest BCUT2D eigenvalue weighted by Crippen LogP contribution is -2.39. The molecule has 3 rings (SSSR count). The Balaban J connectivity index is 1.67.